The van der Waals surface area contributed by atoms with Gasteiger partial charge in [-0.05, 0) is 49.4 Å². The monoisotopic (exact) mass is 1450 g/mol. The molecule has 99 heavy (non-hydrogen) atoms. The fourth-order valence-corrected chi connectivity index (χ4v) is 13.8. The number of rotatable bonds is 77. The molecule has 3 N–H and O–H groups in total. The van der Waals surface area contributed by atoms with E-state index in [2.05, 4.69) is 55.4 Å². The normalized spacial score (nSPS) is 14.3. The molecule has 0 radical (unpaired) electrons. The standard InChI is InChI=1S/C80H156O17P2/c1-9-73(8)59-51-43-38-39-45-53-61-78(83)91-67-76(97-80(85)63-55-47-37-31-25-19-13-16-22-28-34-42-50-58-72(6)7)69-95-99(88,89)93-65-74(81)64-92-98(86,87)94-68-75(66-90-77(82)60-52-44-35-29-23-18-12-15-21-27-33-41-49-57-71(4)5)96-79(84)62-54-46-36-30-24-17-11-10-14-20-26-32-40-48-56-70(2)3/h70-76,81H,9-69H2,1-8H3,(H,86,87)(H,88,89)/t73?,74-,75-,76-/m1/s1. The lowest BCUT2D eigenvalue weighted by Crippen LogP contribution is -2.30. The number of carbonyl (C=O) groups excluding carboxylic acids is 4. The van der Waals surface area contributed by atoms with Gasteiger partial charge in [0.1, 0.15) is 19.3 Å². The van der Waals surface area contributed by atoms with Crippen LogP contribution in [0.15, 0.2) is 0 Å². The van der Waals surface area contributed by atoms with Crippen molar-refractivity contribution in [3.8, 4) is 0 Å². The maximum Gasteiger partial charge on any atom is 0.472 e. The minimum Gasteiger partial charge on any atom is -0.462 e. The number of hydrogen-bond acceptors (Lipinski definition) is 15. The van der Waals surface area contributed by atoms with Crippen LogP contribution in [0.5, 0.6) is 0 Å². The molecular weight excluding hydrogens is 1290 g/mol. The van der Waals surface area contributed by atoms with Crippen LogP contribution < -0.4 is 0 Å². The number of phosphoric acid groups is 2. The zero-order valence-electron chi connectivity index (χ0n) is 65.1. The van der Waals surface area contributed by atoms with Gasteiger partial charge in [-0.3, -0.25) is 37.3 Å². The average Bonchev–Trinajstić information content (AvgIpc) is 1.23. The summed E-state index contributed by atoms with van der Waals surface area (Å²) in [5.41, 5.74) is 0. The summed E-state index contributed by atoms with van der Waals surface area (Å²) in [6.07, 6.45) is 55.4. The quantitative estimate of drug-likeness (QED) is 0.0222. The summed E-state index contributed by atoms with van der Waals surface area (Å²) in [5, 5.41) is 10.6. The van der Waals surface area contributed by atoms with Crippen molar-refractivity contribution >= 4 is 39.5 Å². The lowest BCUT2D eigenvalue weighted by atomic mass is 10.00. The van der Waals surface area contributed by atoms with E-state index in [1.807, 2.05) is 0 Å². The summed E-state index contributed by atoms with van der Waals surface area (Å²) in [7, 11) is -9.92. The Morgan fingerprint density at radius 2 is 0.485 bits per heavy atom. The zero-order chi connectivity index (χ0) is 73.1. The summed E-state index contributed by atoms with van der Waals surface area (Å²) in [6, 6.07) is 0. The van der Waals surface area contributed by atoms with E-state index < -0.39 is 97.5 Å². The molecule has 0 aliphatic carbocycles. The molecule has 0 saturated carbocycles. The first kappa shape index (κ1) is 97.1. The highest BCUT2D eigenvalue weighted by Gasteiger charge is 2.30. The SMILES string of the molecule is CCC(C)CCCCCCCCC(=O)OC[C@H](COP(=O)(O)OC[C@H](O)COP(=O)(O)OC[C@@H](COC(=O)CCCCCCCCCCCCCCCC(C)C)OC(=O)CCCCCCCCCCCCCCCCC(C)C)OC(=O)CCCCCCCCCCCCCCCC(C)C. The summed E-state index contributed by atoms with van der Waals surface area (Å²) < 4.78 is 68.7. The Balaban J connectivity index is 5.26. The molecule has 0 spiro atoms. The van der Waals surface area contributed by atoms with Crippen LogP contribution in [0.1, 0.15) is 409 Å². The number of phosphoric ester groups is 2. The van der Waals surface area contributed by atoms with Crippen molar-refractivity contribution in [3.63, 3.8) is 0 Å². The molecule has 17 nitrogen and oxygen atoms in total. The first-order chi connectivity index (χ1) is 47.6. The smallest absolute Gasteiger partial charge is 0.462 e. The fraction of sp³-hybridized carbons (Fsp3) is 0.950. The Labute approximate surface area is 607 Å². The number of esters is 4. The molecule has 0 amide bonds. The van der Waals surface area contributed by atoms with E-state index in [1.165, 1.54) is 205 Å². The lowest BCUT2D eigenvalue weighted by molar-refractivity contribution is -0.161. The molecule has 0 heterocycles. The first-order valence-electron chi connectivity index (χ1n) is 41.2. The molecule has 0 bridgehead atoms. The van der Waals surface area contributed by atoms with Crippen molar-refractivity contribution in [1.82, 2.24) is 0 Å². The molecule has 0 aromatic rings. The molecule has 6 atom stereocenters. The van der Waals surface area contributed by atoms with Gasteiger partial charge in [0.25, 0.3) is 0 Å². The van der Waals surface area contributed by atoms with E-state index in [0.717, 1.165) is 120 Å². The fourth-order valence-electron chi connectivity index (χ4n) is 12.2. The van der Waals surface area contributed by atoms with Crippen molar-refractivity contribution in [2.24, 2.45) is 23.7 Å². The highest BCUT2D eigenvalue weighted by molar-refractivity contribution is 7.47. The van der Waals surface area contributed by atoms with Crippen LogP contribution in [-0.2, 0) is 65.4 Å². The third kappa shape index (κ3) is 72.8. The van der Waals surface area contributed by atoms with Crippen LogP contribution in [0.2, 0.25) is 0 Å². The van der Waals surface area contributed by atoms with E-state index >= 15 is 0 Å². The molecule has 0 rings (SSSR count). The van der Waals surface area contributed by atoms with Crippen molar-refractivity contribution in [1.29, 1.82) is 0 Å². The minimum atomic E-state index is -4.96. The van der Waals surface area contributed by atoms with Crippen LogP contribution >= 0.6 is 15.6 Å². The van der Waals surface area contributed by atoms with E-state index in [-0.39, 0.29) is 25.7 Å². The van der Waals surface area contributed by atoms with E-state index in [9.17, 15) is 43.2 Å². The zero-order valence-corrected chi connectivity index (χ0v) is 66.9. The maximum atomic E-state index is 13.1. The van der Waals surface area contributed by atoms with Gasteiger partial charge in [0.15, 0.2) is 12.2 Å². The topological polar surface area (TPSA) is 237 Å². The lowest BCUT2D eigenvalue weighted by Gasteiger charge is -2.21. The van der Waals surface area contributed by atoms with Gasteiger partial charge in [0, 0.05) is 25.7 Å². The van der Waals surface area contributed by atoms with E-state index in [1.54, 1.807) is 0 Å². The third-order valence-electron chi connectivity index (χ3n) is 18.9. The Morgan fingerprint density at radius 3 is 0.717 bits per heavy atom. The van der Waals surface area contributed by atoms with Gasteiger partial charge in [-0.2, -0.15) is 0 Å². The van der Waals surface area contributed by atoms with Gasteiger partial charge in [-0.25, -0.2) is 9.13 Å². The highest BCUT2D eigenvalue weighted by atomic mass is 31.2. The number of unbranched alkanes of at least 4 members (excludes halogenated alkanes) is 42. The minimum absolute atomic E-state index is 0.106. The number of carbonyl (C=O) groups is 4. The van der Waals surface area contributed by atoms with E-state index in [0.29, 0.717) is 25.7 Å². The van der Waals surface area contributed by atoms with Gasteiger partial charge in [0.2, 0.25) is 0 Å². The van der Waals surface area contributed by atoms with Crippen LogP contribution in [-0.4, -0.2) is 96.7 Å². The summed E-state index contributed by atoms with van der Waals surface area (Å²) >= 11 is 0. The van der Waals surface area contributed by atoms with E-state index in [4.69, 9.17) is 37.0 Å². The number of aliphatic hydroxyl groups excluding tert-OH is 1. The highest BCUT2D eigenvalue weighted by Crippen LogP contribution is 2.45. The first-order valence-corrected chi connectivity index (χ1v) is 44.2. The Morgan fingerprint density at radius 1 is 0.283 bits per heavy atom. The molecule has 0 aromatic heterocycles. The number of ether oxygens (including phenoxy) is 4. The van der Waals surface area contributed by atoms with Gasteiger partial charge >= 0.3 is 39.5 Å². The summed E-state index contributed by atoms with van der Waals surface area (Å²) in [5.74, 6) is 0.988. The van der Waals surface area contributed by atoms with Crippen molar-refractivity contribution in [2.45, 2.75) is 427 Å². The predicted molar refractivity (Wildman–Crippen MR) is 404 cm³/mol. The maximum absolute atomic E-state index is 13.1. The van der Waals surface area contributed by atoms with Crippen molar-refractivity contribution < 1.29 is 80.2 Å². The van der Waals surface area contributed by atoms with Crippen LogP contribution in [0.25, 0.3) is 0 Å². The van der Waals surface area contributed by atoms with Gasteiger partial charge in [-0.15, -0.1) is 0 Å². The van der Waals surface area contributed by atoms with Crippen molar-refractivity contribution in [2.75, 3.05) is 39.6 Å². The predicted octanol–water partition coefficient (Wildman–Crippen LogP) is 23.6. The molecule has 0 aliphatic rings. The van der Waals surface area contributed by atoms with Gasteiger partial charge in [-0.1, -0.05) is 357 Å². The van der Waals surface area contributed by atoms with Crippen LogP contribution in [0.4, 0.5) is 0 Å². The number of aliphatic hydroxyl groups is 1. The molecule has 588 valence electrons. The summed E-state index contributed by atoms with van der Waals surface area (Å²) in [4.78, 5) is 73.0. The molecule has 0 fully saturated rings. The third-order valence-corrected chi connectivity index (χ3v) is 20.8. The molecule has 19 heteroatoms. The molecule has 3 unspecified atom stereocenters. The molecular formula is C80H156O17P2. The Bertz CT molecular complexity index is 1940. The van der Waals surface area contributed by atoms with Crippen LogP contribution in [0, 0.1) is 23.7 Å². The Kier molecular flexibility index (Phi) is 67.8. The molecule has 0 aromatic carbocycles. The number of hydrogen-bond donors (Lipinski definition) is 3. The Hall–Kier alpha value is -1.94. The van der Waals surface area contributed by atoms with Gasteiger partial charge in [0.05, 0.1) is 26.4 Å². The molecule has 0 saturated heterocycles. The second-order valence-electron chi connectivity index (χ2n) is 30.5. The van der Waals surface area contributed by atoms with Crippen molar-refractivity contribution in [3.05, 3.63) is 0 Å². The van der Waals surface area contributed by atoms with Gasteiger partial charge < -0.3 is 33.8 Å². The average molecular weight is 1450 g/mol. The molecule has 0 aliphatic heterocycles. The largest absolute Gasteiger partial charge is 0.472 e. The summed E-state index contributed by atoms with van der Waals surface area (Å²) in [6.45, 7) is 14.3. The second kappa shape index (κ2) is 69.1. The second-order valence-corrected chi connectivity index (χ2v) is 33.4. The van der Waals surface area contributed by atoms with Crippen LogP contribution in [0.3, 0.4) is 0 Å².